The van der Waals surface area contributed by atoms with Crippen molar-refractivity contribution in [3.63, 3.8) is 0 Å². The Morgan fingerprint density at radius 3 is 2.04 bits per heavy atom. The summed E-state index contributed by atoms with van der Waals surface area (Å²) in [5.41, 5.74) is 5.61. The number of halogens is 1. The third-order valence-electron chi connectivity index (χ3n) is 3.18. The summed E-state index contributed by atoms with van der Waals surface area (Å²) in [6.07, 6.45) is 0. The molecule has 132 valence electrons. The van der Waals surface area contributed by atoms with Crippen molar-refractivity contribution in [3.05, 3.63) is 29.8 Å². The Balaban J connectivity index is 0.00000484. The molecule has 0 aliphatic heterocycles. The van der Waals surface area contributed by atoms with Gasteiger partial charge in [-0.1, -0.05) is 0 Å². The molecular weight excluding hydrogens is 338 g/mol. The third kappa shape index (κ3) is 6.47. The molecule has 1 aromatic carbocycles. The third-order valence-corrected chi connectivity index (χ3v) is 4.60. The molecule has 0 heterocycles. The highest BCUT2D eigenvalue weighted by Gasteiger charge is 2.19. The van der Waals surface area contributed by atoms with Crippen molar-refractivity contribution in [1.29, 1.82) is 0 Å². The number of amides is 1. The first-order chi connectivity index (χ1) is 10.1. The molecule has 0 atom stereocenters. The average Bonchev–Trinajstić information content (AvgIpc) is 2.46. The van der Waals surface area contributed by atoms with Gasteiger partial charge in [-0.3, -0.25) is 4.79 Å². The van der Waals surface area contributed by atoms with Crippen molar-refractivity contribution in [3.8, 4) is 0 Å². The highest BCUT2D eigenvalue weighted by molar-refractivity contribution is 7.89. The Bertz CT molecular complexity index is 606. The minimum atomic E-state index is -3.62. The Labute approximate surface area is 144 Å². The predicted octanol–water partition coefficient (Wildman–Crippen LogP) is 1.61. The van der Waals surface area contributed by atoms with Crippen molar-refractivity contribution in [2.75, 3.05) is 19.6 Å². The van der Waals surface area contributed by atoms with Crippen LogP contribution in [-0.4, -0.2) is 44.4 Å². The summed E-state index contributed by atoms with van der Waals surface area (Å²) >= 11 is 0. The van der Waals surface area contributed by atoms with Gasteiger partial charge >= 0.3 is 0 Å². The molecule has 0 bridgehead atoms. The van der Waals surface area contributed by atoms with Crippen LogP contribution in [0.3, 0.4) is 0 Å². The Morgan fingerprint density at radius 2 is 1.65 bits per heavy atom. The van der Waals surface area contributed by atoms with Crippen LogP contribution in [0.25, 0.3) is 0 Å². The maximum atomic E-state index is 12.2. The lowest BCUT2D eigenvalue weighted by Crippen LogP contribution is -2.45. The zero-order chi connectivity index (χ0) is 17.0. The second kappa shape index (κ2) is 8.63. The monoisotopic (exact) mass is 363 g/mol. The Morgan fingerprint density at radius 1 is 1.17 bits per heavy atom. The highest BCUT2D eigenvalue weighted by Crippen LogP contribution is 2.13. The van der Waals surface area contributed by atoms with Gasteiger partial charge in [-0.05, 0) is 52.0 Å². The van der Waals surface area contributed by atoms with Crippen molar-refractivity contribution < 1.29 is 13.2 Å². The SMILES string of the molecule is CCN(CC)C(=O)c1ccc(S(=O)(=O)NCC(C)(C)N)cc1.Cl. The summed E-state index contributed by atoms with van der Waals surface area (Å²) in [7, 11) is -3.62. The fourth-order valence-corrected chi connectivity index (χ4v) is 3.06. The first kappa shape index (κ1) is 21.9. The lowest BCUT2D eigenvalue weighted by Gasteiger charge is -2.20. The molecule has 0 saturated heterocycles. The van der Waals surface area contributed by atoms with Crippen LogP contribution in [0.5, 0.6) is 0 Å². The molecule has 0 aromatic heterocycles. The van der Waals surface area contributed by atoms with Crippen molar-refractivity contribution in [2.24, 2.45) is 5.73 Å². The summed E-state index contributed by atoms with van der Waals surface area (Å²) in [5.74, 6) is -0.106. The van der Waals surface area contributed by atoms with Gasteiger partial charge in [0.2, 0.25) is 10.0 Å². The van der Waals surface area contributed by atoms with Gasteiger partial charge in [0, 0.05) is 30.7 Å². The van der Waals surface area contributed by atoms with Gasteiger partial charge < -0.3 is 10.6 Å². The number of sulfonamides is 1. The number of benzene rings is 1. The first-order valence-electron chi connectivity index (χ1n) is 7.28. The van der Waals surface area contributed by atoms with Crippen LogP contribution in [0.4, 0.5) is 0 Å². The maximum Gasteiger partial charge on any atom is 0.253 e. The molecule has 0 radical (unpaired) electrons. The van der Waals surface area contributed by atoms with Crippen LogP contribution in [0.1, 0.15) is 38.1 Å². The molecule has 3 N–H and O–H groups in total. The van der Waals surface area contributed by atoms with Crippen LogP contribution in [-0.2, 0) is 10.0 Å². The van der Waals surface area contributed by atoms with Gasteiger partial charge in [0.05, 0.1) is 4.90 Å². The molecule has 1 amide bonds. The summed E-state index contributed by atoms with van der Waals surface area (Å²) in [4.78, 5) is 14.0. The van der Waals surface area contributed by atoms with E-state index >= 15 is 0 Å². The number of hydrogen-bond donors (Lipinski definition) is 2. The van der Waals surface area contributed by atoms with Crippen LogP contribution in [0.2, 0.25) is 0 Å². The van der Waals surface area contributed by atoms with Crippen LogP contribution >= 0.6 is 12.4 Å². The number of rotatable bonds is 7. The van der Waals surface area contributed by atoms with Crippen LogP contribution < -0.4 is 10.5 Å². The molecule has 6 nitrogen and oxygen atoms in total. The fraction of sp³-hybridized carbons (Fsp3) is 0.533. The normalized spacial score (nSPS) is 11.7. The molecule has 0 spiro atoms. The average molecular weight is 364 g/mol. The van der Waals surface area contributed by atoms with Gasteiger partial charge in [-0.25, -0.2) is 13.1 Å². The van der Waals surface area contributed by atoms with E-state index in [1.54, 1.807) is 18.7 Å². The van der Waals surface area contributed by atoms with Gasteiger partial charge in [-0.2, -0.15) is 0 Å². The Hall–Kier alpha value is -1.15. The minimum absolute atomic E-state index is 0. The van der Waals surface area contributed by atoms with E-state index in [9.17, 15) is 13.2 Å². The predicted molar refractivity (Wildman–Crippen MR) is 94.4 cm³/mol. The lowest BCUT2D eigenvalue weighted by atomic mass is 10.1. The van der Waals surface area contributed by atoms with E-state index in [2.05, 4.69) is 4.72 Å². The highest BCUT2D eigenvalue weighted by atomic mass is 35.5. The maximum absolute atomic E-state index is 12.2. The van der Waals surface area contributed by atoms with E-state index in [0.717, 1.165) is 0 Å². The molecule has 0 aliphatic carbocycles. The van der Waals surface area contributed by atoms with E-state index in [-0.39, 0.29) is 29.8 Å². The molecule has 1 aromatic rings. The van der Waals surface area contributed by atoms with Crippen LogP contribution in [0, 0.1) is 0 Å². The lowest BCUT2D eigenvalue weighted by molar-refractivity contribution is 0.0773. The molecular formula is C15H26ClN3O3S. The second-order valence-electron chi connectivity index (χ2n) is 5.81. The molecule has 0 aliphatic rings. The van der Waals surface area contributed by atoms with E-state index < -0.39 is 15.6 Å². The van der Waals surface area contributed by atoms with Crippen molar-refractivity contribution >= 4 is 28.3 Å². The molecule has 1 rings (SSSR count). The number of carbonyl (C=O) groups excluding carboxylic acids is 1. The van der Waals surface area contributed by atoms with Gasteiger partial charge in [0.25, 0.3) is 5.91 Å². The summed E-state index contributed by atoms with van der Waals surface area (Å²) in [5, 5.41) is 0. The van der Waals surface area contributed by atoms with E-state index in [1.165, 1.54) is 24.3 Å². The fourth-order valence-electron chi connectivity index (χ4n) is 1.83. The van der Waals surface area contributed by atoms with E-state index in [4.69, 9.17) is 5.73 Å². The quantitative estimate of drug-likeness (QED) is 0.769. The molecule has 0 unspecified atom stereocenters. The number of nitrogens with zero attached hydrogens (tertiary/aromatic N) is 1. The number of hydrogen-bond acceptors (Lipinski definition) is 4. The number of nitrogens with two attached hydrogens (primary N) is 1. The summed E-state index contributed by atoms with van der Waals surface area (Å²) < 4.78 is 26.7. The van der Waals surface area contributed by atoms with Gasteiger partial charge in [0.1, 0.15) is 0 Å². The minimum Gasteiger partial charge on any atom is -0.339 e. The molecule has 0 saturated carbocycles. The Kier molecular flexibility index (Phi) is 8.20. The second-order valence-corrected chi connectivity index (χ2v) is 7.58. The van der Waals surface area contributed by atoms with Crippen LogP contribution in [0.15, 0.2) is 29.2 Å². The standard InChI is InChI=1S/C15H25N3O3S.ClH/c1-5-18(6-2)14(19)12-7-9-13(10-8-12)22(20,21)17-11-15(3,4)16;/h7-10,17H,5-6,11,16H2,1-4H3;1H. The first-order valence-corrected chi connectivity index (χ1v) is 8.77. The van der Waals surface area contributed by atoms with Crippen molar-refractivity contribution in [2.45, 2.75) is 38.1 Å². The largest absolute Gasteiger partial charge is 0.339 e. The number of carbonyl (C=O) groups is 1. The smallest absolute Gasteiger partial charge is 0.253 e. The molecule has 23 heavy (non-hydrogen) atoms. The summed E-state index contributed by atoms with van der Waals surface area (Å²) in [6, 6.07) is 5.93. The zero-order valence-electron chi connectivity index (χ0n) is 14.0. The zero-order valence-corrected chi connectivity index (χ0v) is 15.6. The van der Waals surface area contributed by atoms with Gasteiger partial charge in [0.15, 0.2) is 0 Å². The van der Waals surface area contributed by atoms with E-state index in [0.29, 0.717) is 18.7 Å². The van der Waals surface area contributed by atoms with Crippen molar-refractivity contribution in [1.82, 2.24) is 9.62 Å². The summed E-state index contributed by atoms with van der Waals surface area (Å²) in [6.45, 7) is 8.64. The van der Waals surface area contributed by atoms with E-state index in [1.807, 2.05) is 13.8 Å². The van der Waals surface area contributed by atoms with Gasteiger partial charge in [-0.15, -0.1) is 12.4 Å². The number of nitrogens with one attached hydrogen (secondary N) is 1. The molecule has 0 fully saturated rings. The topological polar surface area (TPSA) is 92.5 Å². The molecule has 8 heteroatoms.